The minimum atomic E-state index is -0.547. The van der Waals surface area contributed by atoms with Crippen LogP contribution in [0.3, 0.4) is 0 Å². The molecule has 1 atom stereocenters. The molecule has 0 aromatic heterocycles. The van der Waals surface area contributed by atoms with E-state index in [-0.39, 0.29) is 18.4 Å². The Bertz CT molecular complexity index is 855. The van der Waals surface area contributed by atoms with Gasteiger partial charge >= 0.3 is 0 Å². The molecule has 1 unspecified atom stereocenters. The Balaban J connectivity index is 2.18. The van der Waals surface area contributed by atoms with Gasteiger partial charge in [0.2, 0.25) is 5.91 Å². The van der Waals surface area contributed by atoms with Gasteiger partial charge in [0.1, 0.15) is 11.8 Å². The molecule has 0 spiro atoms. The van der Waals surface area contributed by atoms with Crippen molar-refractivity contribution in [1.82, 2.24) is 10.2 Å². The van der Waals surface area contributed by atoms with Crippen LogP contribution in [0.25, 0.3) is 0 Å². The van der Waals surface area contributed by atoms with Crippen LogP contribution in [0.2, 0.25) is 0 Å². The Kier molecular flexibility index (Phi) is 10.0. The SMILES string of the molecule is CCCNC(=O)C(CC)N(Cc1ccccc1)C(=O)COc1ccc(C(C)C)cc1Br. The summed E-state index contributed by atoms with van der Waals surface area (Å²) in [5.41, 5.74) is 2.16. The number of ether oxygens (including phenoxy) is 1. The number of hydrogen-bond acceptors (Lipinski definition) is 3. The van der Waals surface area contributed by atoms with Crippen LogP contribution in [0.4, 0.5) is 0 Å². The van der Waals surface area contributed by atoms with E-state index >= 15 is 0 Å². The molecular formula is C25H33BrN2O3. The quantitative estimate of drug-likeness (QED) is 0.467. The van der Waals surface area contributed by atoms with Crippen LogP contribution in [0, 0.1) is 0 Å². The highest BCUT2D eigenvalue weighted by Crippen LogP contribution is 2.29. The number of amides is 2. The van der Waals surface area contributed by atoms with Gasteiger partial charge in [-0.1, -0.05) is 64.1 Å². The van der Waals surface area contributed by atoms with Gasteiger partial charge in [-0.2, -0.15) is 0 Å². The number of halogens is 1. The summed E-state index contributed by atoms with van der Waals surface area (Å²) in [6, 6.07) is 15.1. The maximum Gasteiger partial charge on any atom is 0.261 e. The zero-order chi connectivity index (χ0) is 22.8. The lowest BCUT2D eigenvalue weighted by Crippen LogP contribution is -2.50. The van der Waals surface area contributed by atoms with Gasteiger partial charge in [-0.05, 0) is 57.9 Å². The number of rotatable bonds is 11. The third-order valence-corrected chi connectivity index (χ3v) is 5.72. The Morgan fingerprint density at radius 3 is 2.39 bits per heavy atom. The number of hydrogen-bond donors (Lipinski definition) is 1. The van der Waals surface area contributed by atoms with Gasteiger partial charge in [-0.15, -0.1) is 0 Å². The molecule has 6 heteroatoms. The van der Waals surface area contributed by atoms with Crippen molar-refractivity contribution in [2.45, 2.75) is 59.0 Å². The molecule has 0 heterocycles. The molecule has 0 aliphatic carbocycles. The summed E-state index contributed by atoms with van der Waals surface area (Å²) in [5, 5.41) is 2.92. The van der Waals surface area contributed by atoms with Gasteiger partial charge in [0.15, 0.2) is 6.61 Å². The second-order valence-corrected chi connectivity index (χ2v) is 8.71. The molecule has 0 bridgehead atoms. The highest BCUT2D eigenvalue weighted by molar-refractivity contribution is 9.10. The maximum absolute atomic E-state index is 13.2. The molecule has 0 aliphatic rings. The van der Waals surface area contributed by atoms with Crippen LogP contribution >= 0.6 is 15.9 Å². The second kappa shape index (κ2) is 12.5. The van der Waals surface area contributed by atoms with Gasteiger partial charge < -0.3 is 15.0 Å². The first-order valence-corrected chi connectivity index (χ1v) is 11.7. The number of benzene rings is 2. The lowest BCUT2D eigenvalue weighted by Gasteiger charge is -2.30. The third-order valence-electron chi connectivity index (χ3n) is 5.10. The summed E-state index contributed by atoms with van der Waals surface area (Å²) in [6.45, 7) is 8.99. The first kappa shape index (κ1) is 24.9. The summed E-state index contributed by atoms with van der Waals surface area (Å²) in [7, 11) is 0. The molecule has 0 saturated heterocycles. The smallest absolute Gasteiger partial charge is 0.261 e. The molecule has 0 aliphatic heterocycles. The molecular weight excluding hydrogens is 456 g/mol. The standard InChI is InChI=1S/C25H33BrN2O3/c1-5-14-27-25(30)22(6-2)28(16-19-10-8-7-9-11-19)24(29)17-31-23-13-12-20(18(3)4)15-21(23)26/h7-13,15,18,22H,5-6,14,16-17H2,1-4H3,(H,27,30). The molecule has 2 rings (SSSR count). The Labute approximate surface area is 194 Å². The molecule has 2 amide bonds. The van der Waals surface area contributed by atoms with Crippen molar-refractivity contribution in [2.75, 3.05) is 13.2 Å². The normalized spacial score (nSPS) is 11.8. The number of carbonyl (C=O) groups is 2. The van der Waals surface area contributed by atoms with E-state index in [0.29, 0.717) is 31.2 Å². The van der Waals surface area contributed by atoms with Crippen LogP contribution in [0.1, 0.15) is 57.6 Å². The molecule has 0 saturated carbocycles. The van der Waals surface area contributed by atoms with Gasteiger partial charge in [-0.3, -0.25) is 9.59 Å². The van der Waals surface area contributed by atoms with Crippen molar-refractivity contribution in [1.29, 1.82) is 0 Å². The van der Waals surface area contributed by atoms with Gasteiger partial charge in [0.05, 0.1) is 4.47 Å². The summed E-state index contributed by atoms with van der Waals surface area (Å²) < 4.78 is 6.65. The zero-order valence-electron chi connectivity index (χ0n) is 18.9. The number of nitrogens with one attached hydrogen (secondary N) is 1. The van der Waals surface area contributed by atoms with Crippen LogP contribution in [0.5, 0.6) is 5.75 Å². The van der Waals surface area contributed by atoms with Crippen molar-refractivity contribution in [3.05, 3.63) is 64.1 Å². The first-order chi connectivity index (χ1) is 14.9. The Morgan fingerprint density at radius 1 is 1.10 bits per heavy atom. The predicted octanol–water partition coefficient (Wildman–Crippen LogP) is 5.28. The van der Waals surface area contributed by atoms with E-state index in [9.17, 15) is 9.59 Å². The van der Waals surface area contributed by atoms with E-state index in [2.05, 4.69) is 35.1 Å². The molecule has 168 valence electrons. The highest BCUT2D eigenvalue weighted by atomic mass is 79.9. The fourth-order valence-corrected chi connectivity index (χ4v) is 3.79. The third kappa shape index (κ3) is 7.39. The van der Waals surface area contributed by atoms with Crippen LogP contribution in [0.15, 0.2) is 53.0 Å². The van der Waals surface area contributed by atoms with E-state index in [0.717, 1.165) is 16.5 Å². The molecule has 0 radical (unpaired) electrons. The monoisotopic (exact) mass is 488 g/mol. The van der Waals surface area contributed by atoms with Gasteiger partial charge in [0.25, 0.3) is 5.91 Å². The summed E-state index contributed by atoms with van der Waals surface area (Å²) >= 11 is 3.54. The van der Waals surface area contributed by atoms with E-state index < -0.39 is 6.04 Å². The van der Waals surface area contributed by atoms with Crippen molar-refractivity contribution in [2.24, 2.45) is 0 Å². The fraction of sp³-hybridized carbons (Fsp3) is 0.440. The average molecular weight is 489 g/mol. The van der Waals surface area contributed by atoms with Gasteiger partial charge in [-0.25, -0.2) is 0 Å². The maximum atomic E-state index is 13.2. The van der Waals surface area contributed by atoms with E-state index in [1.165, 1.54) is 5.56 Å². The summed E-state index contributed by atoms with van der Waals surface area (Å²) in [4.78, 5) is 27.6. The fourth-order valence-electron chi connectivity index (χ4n) is 3.28. The largest absolute Gasteiger partial charge is 0.483 e. The van der Waals surface area contributed by atoms with Crippen molar-refractivity contribution in [3.8, 4) is 5.75 Å². The minimum absolute atomic E-state index is 0.129. The Hall–Kier alpha value is -2.34. The summed E-state index contributed by atoms with van der Waals surface area (Å²) in [5.74, 6) is 0.666. The van der Waals surface area contributed by atoms with Crippen LogP contribution in [-0.4, -0.2) is 35.9 Å². The molecule has 2 aromatic rings. The van der Waals surface area contributed by atoms with E-state index in [1.807, 2.05) is 62.4 Å². The zero-order valence-corrected chi connectivity index (χ0v) is 20.4. The Morgan fingerprint density at radius 2 is 1.81 bits per heavy atom. The second-order valence-electron chi connectivity index (χ2n) is 7.86. The highest BCUT2D eigenvalue weighted by Gasteiger charge is 2.28. The molecule has 0 fully saturated rings. The van der Waals surface area contributed by atoms with Crippen LogP contribution < -0.4 is 10.1 Å². The molecule has 31 heavy (non-hydrogen) atoms. The van der Waals surface area contributed by atoms with Crippen LogP contribution in [-0.2, 0) is 16.1 Å². The van der Waals surface area contributed by atoms with Gasteiger partial charge in [0, 0.05) is 13.1 Å². The first-order valence-electron chi connectivity index (χ1n) is 10.9. The predicted molar refractivity (Wildman–Crippen MR) is 128 cm³/mol. The lowest BCUT2D eigenvalue weighted by atomic mass is 10.0. The lowest BCUT2D eigenvalue weighted by molar-refractivity contribution is -0.143. The molecule has 2 aromatic carbocycles. The average Bonchev–Trinajstić information content (AvgIpc) is 2.77. The topological polar surface area (TPSA) is 58.6 Å². The van der Waals surface area contributed by atoms with E-state index in [1.54, 1.807) is 4.90 Å². The minimum Gasteiger partial charge on any atom is -0.483 e. The van der Waals surface area contributed by atoms with Crippen molar-refractivity contribution >= 4 is 27.7 Å². The summed E-state index contributed by atoms with van der Waals surface area (Å²) in [6.07, 6.45) is 1.37. The molecule has 1 N–H and O–H groups in total. The molecule has 5 nitrogen and oxygen atoms in total. The van der Waals surface area contributed by atoms with E-state index in [4.69, 9.17) is 4.74 Å². The van der Waals surface area contributed by atoms with Crippen molar-refractivity contribution in [3.63, 3.8) is 0 Å². The number of nitrogens with zero attached hydrogens (tertiary/aromatic N) is 1. The van der Waals surface area contributed by atoms with Crippen molar-refractivity contribution < 1.29 is 14.3 Å². The number of carbonyl (C=O) groups excluding carboxylic acids is 2.